The average Bonchev–Trinajstić information content (AvgIpc) is 3.21. The van der Waals surface area contributed by atoms with Crippen molar-refractivity contribution in [1.82, 2.24) is 20.0 Å². The summed E-state index contributed by atoms with van der Waals surface area (Å²) >= 11 is 6.22. The summed E-state index contributed by atoms with van der Waals surface area (Å²) in [6.07, 6.45) is 1.54. The first-order valence-corrected chi connectivity index (χ1v) is 8.72. The molecule has 0 bridgehead atoms. The first-order chi connectivity index (χ1) is 11.8. The topological polar surface area (TPSA) is 92.1 Å². The second-order valence-corrected chi connectivity index (χ2v) is 7.07. The quantitative estimate of drug-likeness (QED) is 0.903. The summed E-state index contributed by atoms with van der Waals surface area (Å²) in [6, 6.07) is -0.314. The minimum Gasteiger partial charge on any atom is -0.337 e. The molecule has 1 atom stereocenters. The molecule has 7 nitrogen and oxygen atoms in total. The number of aromatic nitrogens is 3. The number of nitrogens with zero attached hydrogens (tertiary/aromatic N) is 3. The number of halogens is 1. The summed E-state index contributed by atoms with van der Waals surface area (Å²) < 4.78 is 5.36. The molecular weight excluding hydrogens is 344 g/mol. The van der Waals surface area contributed by atoms with Crippen LogP contribution in [0.1, 0.15) is 72.0 Å². The van der Waals surface area contributed by atoms with Crippen LogP contribution in [0.3, 0.4) is 0 Å². The van der Waals surface area contributed by atoms with Gasteiger partial charge in [0.15, 0.2) is 5.82 Å². The predicted octanol–water partition coefficient (Wildman–Crippen LogP) is 3.13. The highest BCUT2D eigenvalue weighted by molar-refractivity contribution is 6.32. The Hall–Kier alpha value is -2.15. The molecule has 1 saturated heterocycles. The highest BCUT2D eigenvalue weighted by Crippen LogP contribution is 2.33. The Balaban J connectivity index is 1.96. The molecule has 0 saturated carbocycles. The summed E-state index contributed by atoms with van der Waals surface area (Å²) in [6.45, 7) is 7.88. The van der Waals surface area contributed by atoms with Crippen LogP contribution in [0.2, 0.25) is 5.02 Å². The van der Waals surface area contributed by atoms with E-state index in [1.165, 1.54) is 0 Å². The zero-order valence-electron chi connectivity index (χ0n) is 14.7. The molecule has 2 aromatic heterocycles. The lowest BCUT2D eigenvalue weighted by molar-refractivity contribution is 0.0707. The van der Waals surface area contributed by atoms with E-state index in [-0.39, 0.29) is 23.4 Å². The zero-order chi connectivity index (χ0) is 18.3. The molecule has 0 spiro atoms. The average molecular weight is 365 g/mol. The number of pyridine rings is 1. The van der Waals surface area contributed by atoms with Gasteiger partial charge in [-0.2, -0.15) is 4.98 Å². The molecular formula is C17H21ClN4O3. The number of H-pyrrole nitrogens is 1. The maximum atomic E-state index is 13.0. The highest BCUT2D eigenvalue weighted by atomic mass is 35.5. The molecule has 1 aliphatic heterocycles. The van der Waals surface area contributed by atoms with Crippen LogP contribution in [-0.4, -0.2) is 32.5 Å². The van der Waals surface area contributed by atoms with Crippen molar-refractivity contribution >= 4 is 17.5 Å². The SMILES string of the molecule is Cc1[nH]c(=O)c(C(=O)N2CCC[C@@H]2c2nc(C(C)C)no2)c(C)c1Cl. The molecule has 1 aliphatic rings. The van der Waals surface area contributed by atoms with Crippen molar-refractivity contribution in [3.05, 3.63) is 43.9 Å². The van der Waals surface area contributed by atoms with Gasteiger partial charge >= 0.3 is 0 Å². The largest absolute Gasteiger partial charge is 0.337 e. The van der Waals surface area contributed by atoms with Gasteiger partial charge in [0.1, 0.15) is 11.6 Å². The lowest BCUT2D eigenvalue weighted by Gasteiger charge is -2.22. The number of rotatable bonds is 3. The van der Waals surface area contributed by atoms with Crippen LogP contribution in [0.4, 0.5) is 0 Å². The number of aryl methyl sites for hydroxylation is 1. The number of carbonyl (C=O) groups is 1. The van der Waals surface area contributed by atoms with E-state index in [9.17, 15) is 9.59 Å². The van der Waals surface area contributed by atoms with Crippen LogP contribution in [0, 0.1) is 13.8 Å². The third-order valence-electron chi connectivity index (χ3n) is 4.55. The van der Waals surface area contributed by atoms with Gasteiger partial charge in [0.05, 0.1) is 5.02 Å². The van der Waals surface area contributed by atoms with Gasteiger partial charge < -0.3 is 14.4 Å². The van der Waals surface area contributed by atoms with Crippen LogP contribution in [0.15, 0.2) is 9.32 Å². The maximum absolute atomic E-state index is 13.0. The molecule has 0 unspecified atom stereocenters. The van der Waals surface area contributed by atoms with Gasteiger partial charge in [0.25, 0.3) is 11.5 Å². The number of aromatic amines is 1. The highest BCUT2D eigenvalue weighted by Gasteiger charge is 2.36. The smallest absolute Gasteiger partial charge is 0.261 e. The predicted molar refractivity (Wildman–Crippen MR) is 92.9 cm³/mol. The maximum Gasteiger partial charge on any atom is 0.261 e. The van der Waals surface area contributed by atoms with E-state index in [1.54, 1.807) is 18.7 Å². The number of carbonyl (C=O) groups excluding carboxylic acids is 1. The standard InChI is InChI=1S/C17H21ClN4O3/c1-8(2)14-20-16(25-21-14)11-6-5-7-22(11)17(24)12-9(3)13(18)10(4)19-15(12)23/h8,11H,5-7H2,1-4H3,(H,19,23)/t11-/m1/s1. The molecule has 8 heteroatoms. The van der Waals surface area contributed by atoms with E-state index in [0.29, 0.717) is 34.5 Å². The Morgan fingerprint density at radius 1 is 1.40 bits per heavy atom. The lowest BCUT2D eigenvalue weighted by Crippen LogP contribution is -2.35. The molecule has 3 rings (SSSR count). The van der Waals surface area contributed by atoms with E-state index >= 15 is 0 Å². The fraction of sp³-hybridized carbons (Fsp3) is 0.529. The number of hydrogen-bond donors (Lipinski definition) is 1. The summed E-state index contributed by atoms with van der Waals surface area (Å²) in [5.41, 5.74) is 0.693. The van der Waals surface area contributed by atoms with Gasteiger partial charge in [-0.1, -0.05) is 30.6 Å². The number of hydrogen-bond acceptors (Lipinski definition) is 5. The zero-order valence-corrected chi connectivity index (χ0v) is 15.5. The minimum atomic E-state index is -0.427. The Morgan fingerprint density at radius 2 is 2.12 bits per heavy atom. The van der Waals surface area contributed by atoms with Gasteiger partial charge in [-0.15, -0.1) is 0 Å². The fourth-order valence-corrected chi connectivity index (χ4v) is 3.28. The third-order valence-corrected chi connectivity index (χ3v) is 5.11. The number of nitrogens with one attached hydrogen (secondary N) is 1. The summed E-state index contributed by atoms with van der Waals surface area (Å²) in [5.74, 6) is 0.819. The van der Waals surface area contributed by atoms with Gasteiger partial charge in [-0.3, -0.25) is 9.59 Å². The van der Waals surface area contributed by atoms with Gasteiger partial charge in [-0.05, 0) is 32.3 Å². The molecule has 1 amide bonds. The first kappa shape index (κ1) is 17.7. The molecule has 2 aromatic rings. The Bertz CT molecular complexity index is 871. The van der Waals surface area contributed by atoms with Gasteiger partial charge in [0, 0.05) is 18.2 Å². The van der Waals surface area contributed by atoms with E-state index in [2.05, 4.69) is 15.1 Å². The molecule has 0 radical (unpaired) electrons. The lowest BCUT2D eigenvalue weighted by atomic mass is 10.1. The van der Waals surface area contributed by atoms with Crippen LogP contribution in [0.25, 0.3) is 0 Å². The molecule has 1 fully saturated rings. The van der Waals surface area contributed by atoms with Crippen LogP contribution >= 0.6 is 11.6 Å². The summed E-state index contributed by atoms with van der Waals surface area (Å²) in [7, 11) is 0. The fourth-order valence-electron chi connectivity index (χ4n) is 3.13. The monoisotopic (exact) mass is 364 g/mol. The molecule has 134 valence electrons. The molecule has 1 N–H and O–H groups in total. The van der Waals surface area contributed by atoms with Gasteiger partial charge in [-0.25, -0.2) is 0 Å². The van der Waals surface area contributed by atoms with Crippen molar-refractivity contribution in [2.45, 2.75) is 52.5 Å². The summed E-state index contributed by atoms with van der Waals surface area (Å²) in [4.78, 5) is 34.0. The Morgan fingerprint density at radius 3 is 2.76 bits per heavy atom. The van der Waals surface area contributed by atoms with Crippen LogP contribution in [0.5, 0.6) is 0 Å². The molecule has 3 heterocycles. The Kier molecular flexibility index (Phi) is 4.69. The van der Waals surface area contributed by atoms with Crippen molar-refractivity contribution in [3.63, 3.8) is 0 Å². The van der Waals surface area contributed by atoms with E-state index in [1.807, 2.05) is 13.8 Å². The van der Waals surface area contributed by atoms with Crippen molar-refractivity contribution < 1.29 is 9.32 Å². The molecule has 25 heavy (non-hydrogen) atoms. The molecule has 0 aromatic carbocycles. The summed E-state index contributed by atoms with van der Waals surface area (Å²) in [5, 5.41) is 4.38. The first-order valence-electron chi connectivity index (χ1n) is 8.34. The van der Waals surface area contributed by atoms with Crippen LogP contribution < -0.4 is 5.56 Å². The van der Waals surface area contributed by atoms with E-state index in [4.69, 9.17) is 16.1 Å². The van der Waals surface area contributed by atoms with Crippen molar-refractivity contribution in [3.8, 4) is 0 Å². The second kappa shape index (κ2) is 6.63. The van der Waals surface area contributed by atoms with Crippen LogP contribution in [-0.2, 0) is 0 Å². The third kappa shape index (κ3) is 3.08. The van der Waals surface area contributed by atoms with E-state index < -0.39 is 5.56 Å². The van der Waals surface area contributed by atoms with Crippen molar-refractivity contribution in [1.29, 1.82) is 0 Å². The van der Waals surface area contributed by atoms with E-state index in [0.717, 1.165) is 12.8 Å². The van der Waals surface area contributed by atoms with Crippen molar-refractivity contribution in [2.75, 3.05) is 6.54 Å². The minimum absolute atomic E-state index is 0.0751. The molecule has 0 aliphatic carbocycles. The second-order valence-electron chi connectivity index (χ2n) is 6.70. The Labute approximate surface area is 150 Å². The van der Waals surface area contributed by atoms with Crippen molar-refractivity contribution in [2.24, 2.45) is 0 Å². The number of likely N-dealkylation sites (tertiary alicyclic amines) is 1. The van der Waals surface area contributed by atoms with Gasteiger partial charge in [0.2, 0.25) is 5.89 Å². The normalized spacial score (nSPS) is 17.5. The number of amides is 1.